The fraction of sp³-hybridized carbons (Fsp3) is 0.583. The van der Waals surface area contributed by atoms with Crippen LogP contribution in [0.15, 0.2) is 24.5 Å². The van der Waals surface area contributed by atoms with E-state index in [9.17, 15) is 5.11 Å². The first-order valence-corrected chi connectivity index (χ1v) is 5.80. The molecular formula is C12H19N3O. The maximum Gasteiger partial charge on any atom is 0.0628 e. The van der Waals surface area contributed by atoms with Gasteiger partial charge < -0.3 is 10.4 Å². The fourth-order valence-corrected chi connectivity index (χ4v) is 2.31. The van der Waals surface area contributed by atoms with Crippen molar-refractivity contribution in [2.45, 2.75) is 19.0 Å². The quantitative estimate of drug-likeness (QED) is 0.776. The third-order valence-electron chi connectivity index (χ3n) is 3.22. The predicted molar refractivity (Wildman–Crippen MR) is 63.1 cm³/mol. The Morgan fingerprint density at radius 3 is 2.94 bits per heavy atom. The van der Waals surface area contributed by atoms with E-state index in [1.54, 1.807) is 12.4 Å². The Kier molecular flexibility index (Phi) is 3.88. The van der Waals surface area contributed by atoms with Crippen LogP contribution in [-0.2, 0) is 0 Å². The molecule has 0 amide bonds. The molecule has 4 nitrogen and oxygen atoms in total. The summed E-state index contributed by atoms with van der Waals surface area (Å²) in [5.41, 5.74) is 1.14. The van der Waals surface area contributed by atoms with Crippen LogP contribution in [-0.4, -0.2) is 47.3 Å². The highest BCUT2D eigenvalue weighted by atomic mass is 16.3. The van der Waals surface area contributed by atoms with Crippen LogP contribution >= 0.6 is 0 Å². The lowest BCUT2D eigenvalue weighted by molar-refractivity contribution is 0.0723. The average Bonchev–Trinajstić information content (AvgIpc) is 2.34. The molecule has 1 saturated heterocycles. The number of aromatic nitrogens is 1. The van der Waals surface area contributed by atoms with E-state index < -0.39 is 0 Å². The highest BCUT2D eigenvalue weighted by Gasteiger charge is 2.26. The molecule has 2 unspecified atom stereocenters. The van der Waals surface area contributed by atoms with Gasteiger partial charge in [-0.1, -0.05) is 0 Å². The minimum atomic E-state index is 0.0973. The van der Waals surface area contributed by atoms with E-state index >= 15 is 0 Å². The summed E-state index contributed by atoms with van der Waals surface area (Å²) in [7, 11) is 0. The summed E-state index contributed by atoms with van der Waals surface area (Å²) in [6.45, 7) is 5.31. The fourth-order valence-electron chi connectivity index (χ4n) is 2.31. The molecule has 0 radical (unpaired) electrons. The van der Waals surface area contributed by atoms with Gasteiger partial charge in [0.1, 0.15) is 0 Å². The van der Waals surface area contributed by atoms with Crippen molar-refractivity contribution in [3.8, 4) is 0 Å². The Morgan fingerprint density at radius 1 is 1.56 bits per heavy atom. The van der Waals surface area contributed by atoms with Crippen molar-refractivity contribution in [2.24, 2.45) is 0 Å². The molecule has 1 fully saturated rings. The lowest BCUT2D eigenvalue weighted by Crippen LogP contribution is -2.51. The van der Waals surface area contributed by atoms with Gasteiger partial charge in [-0.2, -0.15) is 0 Å². The molecule has 0 bridgehead atoms. The van der Waals surface area contributed by atoms with Crippen LogP contribution in [0.5, 0.6) is 0 Å². The molecule has 2 rings (SSSR count). The van der Waals surface area contributed by atoms with Gasteiger partial charge in [0.15, 0.2) is 0 Å². The van der Waals surface area contributed by atoms with Gasteiger partial charge in [-0.25, -0.2) is 0 Å². The molecule has 2 heterocycles. The van der Waals surface area contributed by atoms with Crippen LogP contribution < -0.4 is 5.32 Å². The average molecular weight is 221 g/mol. The number of rotatable bonds is 3. The van der Waals surface area contributed by atoms with E-state index in [4.69, 9.17) is 0 Å². The van der Waals surface area contributed by atoms with E-state index in [-0.39, 0.29) is 12.6 Å². The van der Waals surface area contributed by atoms with E-state index in [1.165, 1.54) is 0 Å². The van der Waals surface area contributed by atoms with Crippen molar-refractivity contribution in [1.82, 2.24) is 15.2 Å². The van der Waals surface area contributed by atoms with Gasteiger partial charge in [0.25, 0.3) is 0 Å². The minimum Gasteiger partial charge on any atom is -0.394 e. The van der Waals surface area contributed by atoms with Gasteiger partial charge in [0.05, 0.1) is 12.6 Å². The lowest BCUT2D eigenvalue weighted by atomic mass is 10.0. The van der Waals surface area contributed by atoms with Gasteiger partial charge in [0, 0.05) is 38.1 Å². The Balaban J connectivity index is 2.15. The number of aliphatic hydroxyl groups excluding tert-OH is 1. The second-order valence-electron chi connectivity index (χ2n) is 4.27. The summed E-state index contributed by atoms with van der Waals surface area (Å²) < 4.78 is 0. The monoisotopic (exact) mass is 221 g/mol. The molecule has 2 N–H and O–H groups in total. The number of aliphatic hydroxyl groups is 1. The highest BCUT2D eigenvalue weighted by molar-refractivity contribution is 5.16. The zero-order valence-corrected chi connectivity index (χ0v) is 9.63. The van der Waals surface area contributed by atoms with Crippen molar-refractivity contribution >= 4 is 0 Å². The van der Waals surface area contributed by atoms with Crippen LogP contribution in [0.3, 0.4) is 0 Å². The summed E-state index contributed by atoms with van der Waals surface area (Å²) in [4.78, 5) is 6.37. The molecule has 0 aromatic carbocycles. The molecule has 1 aromatic heterocycles. The SMILES string of the molecule is CC1CNCCN1C(CO)c1ccncc1. The first kappa shape index (κ1) is 11.5. The van der Waals surface area contributed by atoms with E-state index in [1.807, 2.05) is 12.1 Å². The van der Waals surface area contributed by atoms with E-state index in [2.05, 4.69) is 22.1 Å². The molecule has 16 heavy (non-hydrogen) atoms. The van der Waals surface area contributed by atoms with Crippen LogP contribution in [0.1, 0.15) is 18.5 Å². The number of piperazine rings is 1. The van der Waals surface area contributed by atoms with Crippen LogP contribution in [0.4, 0.5) is 0 Å². The molecular weight excluding hydrogens is 202 g/mol. The largest absolute Gasteiger partial charge is 0.394 e. The maximum absolute atomic E-state index is 9.57. The maximum atomic E-state index is 9.57. The van der Waals surface area contributed by atoms with Crippen molar-refractivity contribution in [1.29, 1.82) is 0 Å². The lowest BCUT2D eigenvalue weighted by Gasteiger charge is -2.39. The highest BCUT2D eigenvalue weighted by Crippen LogP contribution is 2.22. The molecule has 4 heteroatoms. The van der Waals surface area contributed by atoms with Crippen molar-refractivity contribution in [3.05, 3.63) is 30.1 Å². The van der Waals surface area contributed by atoms with Crippen LogP contribution in [0.2, 0.25) is 0 Å². The summed E-state index contributed by atoms with van der Waals surface area (Å²) in [5.74, 6) is 0. The number of hydrogen-bond donors (Lipinski definition) is 2. The Hall–Kier alpha value is -0.970. The van der Waals surface area contributed by atoms with Crippen molar-refractivity contribution in [3.63, 3.8) is 0 Å². The predicted octanol–water partition coefficient (Wildman–Crippen LogP) is 0.409. The zero-order valence-electron chi connectivity index (χ0n) is 9.63. The molecule has 0 saturated carbocycles. The van der Waals surface area contributed by atoms with Gasteiger partial charge in [-0.15, -0.1) is 0 Å². The van der Waals surface area contributed by atoms with Gasteiger partial charge in [-0.05, 0) is 24.6 Å². The Bertz CT molecular complexity index is 317. The number of pyridine rings is 1. The smallest absolute Gasteiger partial charge is 0.0628 e. The van der Waals surface area contributed by atoms with Gasteiger partial charge in [0.2, 0.25) is 0 Å². The first-order valence-electron chi connectivity index (χ1n) is 5.80. The molecule has 0 spiro atoms. The summed E-state index contributed by atoms with van der Waals surface area (Å²) in [6, 6.07) is 4.52. The van der Waals surface area contributed by atoms with Gasteiger partial charge in [-0.3, -0.25) is 9.88 Å². The second-order valence-corrected chi connectivity index (χ2v) is 4.27. The third kappa shape index (κ3) is 2.40. The van der Waals surface area contributed by atoms with E-state index in [0.717, 1.165) is 25.2 Å². The topological polar surface area (TPSA) is 48.4 Å². The molecule has 2 atom stereocenters. The van der Waals surface area contributed by atoms with Crippen molar-refractivity contribution in [2.75, 3.05) is 26.2 Å². The first-order chi connectivity index (χ1) is 7.83. The number of nitrogens with one attached hydrogen (secondary N) is 1. The number of nitrogens with zero attached hydrogens (tertiary/aromatic N) is 2. The minimum absolute atomic E-state index is 0.0973. The Morgan fingerprint density at radius 2 is 2.31 bits per heavy atom. The summed E-state index contributed by atoms with van der Waals surface area (Å²) in [6.07, 6.45) is 3.57. The molecule has 1 aromatic rings. The third-order valence-corrected chi connectivity index (χ3v) is 3.22. The zero-order chi connectivity index (χ0) is 11.4. The second kappa shape index (κ2) is 5.39. The molecule has 1 aliphatic rings. The summed E-state index contributed by atoms with van der Waals surface area (Å²) in [5, 5.41) is 12.9. The molecule has 0 aliphatic carbocycles. The van der Waals surface area contributed by atoms with Crippen LogP contribution in [0, 0.1) is 0 Å². The Labute approximate surface area is 96.3 Å². The van der Waals surface area contributed by atoms with Gasteiger partial charge >= 0.3 is 0 Å². The van der Waals surface area contributed by atoms with Crippen LogP contribution in [0.25, 0.3) is 0 Å². The molecule has 88 valence electrons. The molecule has 1 aliphatic heterocycles. The number of hydrogen-bond acceptors (Lipinski definition) is 4. The van der Waals surface area contributed by atoms with Crippen molar-refractivity contribution < 1.29 is 5.11 Å². The summed E-state index contributed by atoms with van der Waals surface area (Å²) >= 11 is 0. The normalized spacial score (nSPS) is 24.2. The standard InChI is InChI=1S/C12H19N3O/c1-10-8-14-6-7-15(10)12(9-16)11-2-4-13-5-3-11/h2-5,10,12,14,16H,6-9H2,1H3. The van der Waals surface area contributed by atoms with E-state index in [0.29, 0.717) is 6.04 Å².